The average Bonchev–Trinajstić information content (AvgIpc) is 3.29. The summed E-state index contributed by atoms with van der Waals surface area (Å²) < 4.78 is 14.1. The minimum Gasteiger partial charge on any atom is -0.335 e. The van der Waals surface area contributed by atoms with Gasteiger partial charge in [0, 0.05) is 19.5 Å². The van der Waals surface area contributed by atoms with Crippen molar-refractivity contribution < 1.29 is 14.0 Å². The number of hydrogen-bond donors (Lipinski definition) is 0. The number of likely N-dealkylation sites (tertiary alicyclic amines) is 1. The van der Waals surface area contributed by atoms with E-state index in [0.717, 1.165) is 18.4 Å². The average molecular weight is 366 g/mol. The molecule has 27 heavy (non-hydrogen) atoms. The molecule has 0 bridgehead atoms. The summed E-state index contributed by atoms with van der Waals surface area (Å²) in [7, 11) is 0. The largest absolute Gasteiger partial charge is 0.335 e. The highest BCUT2D eigenvalue weighted by molar-refractivity contribution is 6.00. The number of benzene rings is 2. The zero-order valence-electron chi connectivity index (χ0n) is 15.4. The highest BCUT2D eigenvalue weighted by atomic mass is 19.1. The highest BCUT2D eigenvalue weighted by Gasteiger charge is 2.41. The van der Waals surface area contributed by atoms with Gasteiger partial charge in [-0.15, -0.1) is 0 Å². The molecular weight excluding hydrogens is 343 g/mol. The molecule has 0 spiro atoms. The maximum absolute atomic E-state index is 14.1. The molecule has 0 N–H and O–H groups in total. The predicted octanol–water partition coefficient (Wildman–Crippen LogP) is 3.85. The van der Waals surface area contributed by atoms with Gasteiger partial charge in [-0.1, -0.05) is 42.0 Å². The van der Waals surface area contributed by atoms with Crippen LogP contribution in [0.4, 0.5) is 10.1 Å². The van der Waals surface area contributed by atoms with Crippen LogP contribution in [0.3, 0.4) is 0 Å². The Morgan fingerprint density at radius 3 is 2.59 bits per heavy atom. The standard InChI is InChI=1S/C22H23FN2O2/c1-15-8-10-16(11-9-15)19-7-4-12-24(19)22(27)17-13-21(26)25(14-17)20-6-3-2-5-18(20)23/h2-3,5-6,8-11,17,19H,4,7,12-14H2,1H3. The van der Waals surface area contributed by atoms with Gasteiger partial charge >= 0.3 is 0 Å². The number of carbonyl (C=O) groups excluding carboxylic acids is 2. The summed E-state index contributed by atoms with van der Waals surface area (Å²) in [5.74, 6) is -1.03. The highest BCUT2D eigenvalue weighted by Crippen LogP contribution is 2.35. The molecule has 2 saturated heterocycles. The van der Waals surface area contributed by atoms with Crippen molar-refractivity contribution >= 4 is 17.5 Å². The quantitative estimate of drug-likeness (QED) is 0.828. The lowest BCUT2D eigenvalue weighted by molar-refractivity contribution is -0.136. The van der Waals surface area contributed by atoms with Crippen molar-refractivity contribution in [3.63, 3.8) is 0 Å². The Morgan fingerprint density at radius 2 is 1.85 bits per heavy atom. The van der Waals surface area contributed by atoms with Gasteiger partial charge < -0.3 is 9.80 Å². The van der Waals surface area contributed by atoms with E-state index < -0.39 is 11.7 Å². The molecule has 140 valence electrons. The van der Waals surface area contributed by atoms with Gasteiger partial charge in [-0.2, -0.15) is 0 Å². The van der Waals surface area contributed by atoms with Gasteiger partial charge in [0.25, 0.3) is 0 Å². The Labute approximate surface area is 158 Å². The minimum absolute atomic E-state index is 0.00487. The molecule has 2 aliphatic heterocycles. The van der Waals surface area contributed by atoms with Crippen molar-refractivity contribution in [1.82, 2.24) is 4.90 Å². The van der Waals surface area contributed by atoms with Gasteiger partial charge in [-0.3, -0.25) is 9.59 Å². The molecule has 2 heterocycles. The Kier molecular flexibility index (Phi) is 4.68. The lowest BCUT2D eigenvalue weighted by Crippen LogP contribution is -2.37. The fourth-order valence-electron chi connectivity index (χ4n) is 4.18. The molecule has 2 aromatic rings. The van der Waals surface area contributed by atoms with Gasteiger partial charge in [0.1, 0.15) is 5.82 Å². The summed E-state index contributed by atoms with van der Waals surface area (Å²) in [6.07, 6.45) is 2.04. The number of halogens is 1. The maximum Gasteiger partial charge on any atom is 0.228 e. The number of aryl methyl sites for hydroxylation is 1. The molecule has 2 unspecified atom stereocenters. The first-order chi connectivity index (χ1) is 13.0. The third-order valence-electron chi connectivity index (χ3n) is 5.62. The Hall–Kier alpha value is -2.69. The normalized spacial score (nSPS) is 22.5. The predicted molar refractivity (Wildman–Crippen MR) is 102 cm³/mol. The molecule has 0 radical (unpaired) electrons. The van der Waals surface area contributed by atoms with Crippen molar-refractivity contribution in [2.45, 2.75) is 32.2 Å². The second-order valence-corrected chi connectivity index (χ2v) is 7.46. The van der Waals surface area contributed by atoms with E-state index >= 15 is 0 Å². The SMILES string of the molecule is Cc1ccc(C2CCCN2C(=O)C2CC(=O)N(c3ccccc3F)C2)cc1. The molecule has 4 nitrogen and oxygen atoms in total. The van der Waals surface area contributed by atoms with E-state index in [9.17, 15) is 14.0 Å². The molecule has 2 aliphatic rings. The summed E-state index contributed by atoms with van der Waals surface area (Å²) >= 11 is 0. The van der Waals surface area contributed by atoms with E-state index in [4.69, 9.17) is 0 Å². The molecule has 4 rings (SSSR count). The molecule has 2 aromatic carbocycles. The van der Waals surface area contributed by atoms with Crippen LogP contribution in [0.1, 0.15) is 36.4 Å². The zero-order chi connectivity index (χ0) is 19.0. The molecule has 0 aromatic heterocycles. The number of hydrogen-bond acceptors (Lipinski definition) is 2. The fraction of sp³-hybridized carbons (Fsp3) is 0.364. The molecule has 2 amide bonds. The molecular formula is C22H23FN2O2. The van der Waals surface area contributed by atoms with Crippen LogP contribution in [0.15, 0.2) is 48.5 Å². The molecule has 2 atom stereocenters. The van der Waals surface area contributed by atoms with Crippen LogP contribution in [0.5, 0.6) is 0 Å². The Balaban J connectivity index is 1.52. The van der Waals surface area contributed by atoms with E-state index in [0.29, 0.717) is 6.54 Å². The summed E-state index contributed by atoms with van der Waals surface area (Å²) in [6.45, 7) is 3.00. The maximum atomic E-state index is 14.1. The number of para-hydroxylation sites is 1. The van der Waals surface area contributed by atoms with Crippen molar-refractivity contribution in [3.8, 4) is 0 Å². The first-order valence-corrected chi connectivity index (χ1v) is 9.46. The third-order valence-corrected chi connectivity index (χ3v) is 5.62. The number of nitrogens with zero attached hydrogens (tertiary/aromatic N) is 2. The molecule has 0 aliphatic carbocycles. The van der Waals surface area contributed by atoms with E-state index in [2.05, 4.69) is 24.3 Å². The van der Waals surface area contributed by atoms with E-state index in [1.165, 1.54) is 16.5 Å². The van der Waals surface area contributed by atoms with Crippen LogP contribution in [0.25, 0.3) is 0 Å². The second-order valence-electron chi connectivity index (χ2n) is 7.46. The van der Waals surface area contributed by atoms with Gasteiger partial charge in [-0.05, 0) is 37.5 Å². The number of rotatable bonds is 3. The first kappa shape index (κ1) is 17.7. The number of carbonyl (C=O) groups is 2. The van der Waals surface area contributed by atoms with Crippen LogP contribution in [-0.2, 0) is 9.59 Å². The van der Waals surface area contributed by atoms with Gasteiger partial charge in [-0.25, -0.2) is 4.39 Å². The lowest BCUT2D eigenvalue weighted by atomic mass is 10.0. The third kappa shape index (κ3) is 3.34. The van der Waals surface area contributed by atoms with E-state index in [1.807, 2.05) is 11.8 Å². The van der Waals surface area contributed by atoms with Crippen molar-refractivity contribution in [2.75, 3.05) is 18.0 Å². The van der Waals surface area contributed by atoms with Gasteiger partial charge in [0.2, 0.25) is 11.8 Å². The number of anilines is 1. The van der Waals surface area contributed by atoms with Gasteiger partial charge in [0.05, 0.1) is 17.6 Å². The van der Waals surface area contributed by atoms with Gasteiger partial charge in [0.15, 0.2) is 0 Å². The summed E-state index contributed by atoms with van der Waals surface area (Å²) in [6, 6.07) is 14.6. The monoisotopic (exact) mass is 366 g/mol. The summed E-state index contributed by atoms with van der Waals surface area (Å²) in [4.78, 5) is 28.9. The Bertz CT molecular complexity index is 865. The van der Waals surface area contributed by atoms with Crippen molar-refractivity contribution in [3.05, 3.63) is 65.5 Å². The fourth-order valence-corrected chi connectivity index (χ4v) is 4.18. The molecule has 2 fully saturated rings. The summed E-state index contributed by atoms with van der Waals surface area (Å²) in [5.41, 5.74) is 2.59. The lowest BCUT2D eigenvalue weighted by Gasteiger charge is -2.28. The van der Waals surface area contributed by atoms with Crippen molar-refractivity contribution in [2.24, 2.45) is 5.92 Å². The number of amides is 2. The van der Waals surface area contributed by atoms with Crippen LogP contribution in [0, 0.1) is 18.7 Å². The zero-order valence-corrected chi connectivity index (χ0v) is 15.4. The van der Waals surface area contributed by atoms with E-state index in [-0.39, 0.29) is 36.5 Å². The van der Waals surface area contributed by atoms with Crippen LogP contribution >= 0.6 is 0 Å². The first-order valence-electron chi connectivity index (χ1n) is 9.46. The smallest absolute Gasteiger partial charge is 0.228 e. The topological polar surface area (TPSA) is 40.6 Å². The Morgan fingerprint density at radius 1 is 1.11 bits per heavy atom. The molecule has 5 heteroatoms. The van der Waals surface area contributed by atoms with Crippen LogP contribution in [0.2, 0.25) is 0 Å². The summed E-state index contributed by atoms with van der Waals surface area (Å²) in [5, 5.41) is 0. The molecule has 0 saturated carbocycles. The van der Waals surface area contributed by atoms with E-state index in [1.54, 1.807) is 18.2 Å². The van der Waals surface area contributed by atoms with Crippen molar-refractivity contribution in [1.29, 1.82) is 0 Å². The minimum atomic E-state index is -0.433. The second kappa shape index (κ2) is 7.14. The van der Waals surface area contributed by atoms with Crippen LogP contribution in [-0.4, -0.2) is 29.8 Å². The van der Waals surface area contributed by atoms with Crippen LogP contribution < -0.4 is 4.90 Å².